The Morgan fingerprint density at radius 1 is 1.12 bits per heavy atom. The molecule has 1 N–H and O–H groups in total. The maximum atomic E-state index is 11.8. The van der Waals surface area contributed by atoms with Crippen LogP contribution in [0.5, 0.6) is 0 Å². The number of hydrogen-bond acceptors (Lipinski definition) is 5. The van der Waals surface area contributed by atoms with E-state index in [-0.39, 0.29) is 12.5 Å². The smallest absolute Gasteiger partial charge is 0.252 e. The normalized spacial score (nSPS) is 10.8. The Morgan fingerprint density at radius 3 is 2.58 bits per heavy atom. The Bertz CT molecular complexity index is 698. The first kappa shape index (κ1) is 18.6. The lowest BCUT2D eigenvalue weighted by molar-refractivity contribution is -0.121. The van der Waals surface area contributed by atoms with Gasteiger partial charge in [-0.1, -0.05) is 6.07 Å². The summed E-state index contributed by atoms with van der Waals surface area (Å²) in [4.78, 5) is 16.4. The Kier molecular flexibility index (Phi) is 6.90. The first-order valence-electron chi connectivity index (χ1n) is 8.00. The van der Waals surface area contributed by atoms with Crippen LogP contribution < -0.4 is 5.32 Å². The molecular formula is C18H24N2O3S. The molecule has 0 spiro atoms. The molecule has 1 heterocycles. The van der Waals surface area contributed by atoms with Crippen LogP contribution >= 0.6 is 11.3 Å². The number of rotatable bonds is 8. The van der Waals surface area contributed by atoms with Crippen molar-refractivity contribution in [2.75, 3.05) is 31.7 Å². The van der Waals surface area contributed by atoms with Gasteiger partial charge in [-0.3, -0.25) is 10.1 Å². The molecule has 5 nitrogen and oxygen atoms in total. The fraction of sp³-hybridized carbons (Fsp3) is 0.444. The first-order valence-corrected chi connectivity index (χ1v) is 8.88. The summed E-state index contributed by atoms with van der Waals surface area (Å²) < 4.78 is 10.4. The Morgan fingerprint density at radius 2 is 1.83 bits per heavy atom. The van der Waals surface area contributed by atoms with Crippen LogP contribution in [0.1, 0.15) is 23.6 Å². The third-order valence-corrected chi connectivity index (χ3v) is 4.43. The summed E-state index contributed by atoms with van der Waals surface area (Å²) in [5.41, 5.74) is 5.66. The Hall–Kier alpha value is -1.76. The van der Waals surface area contributed by atoms with Crippen LogP contribution in [0.3, 0.4) is 0 Å². The van der Waals surface area contributed by atoms with Crippen LogP contribution in [0.15, 0.2) is 17.5 Å². The van der Waals surface area contributed by atoms with E-state index in [4.69, 9.17) is 9.47 Å². The Balaban J connectivity index is 1.94. The van der Waals surface area contributed by atoms with Gasteiger partial charge in [0.25, 0.3) is 5.91 Å². The molecule has 0 saturated heterocycles. The lowest BCUT2D eigenvalue weighted by Crippen LogP contribution is -2.19. The van der Waals surface area contributed by atoms with E-state index in [9.17, 15) is 4.79 Å². The SMILES string of the molecule is CCOCCOCC(=O)Nc1nc(-c2cc(C)c(C)cc2C)cs1. The van der Waals surface area contributed by atoms with Gasteiger partial charge >= 0.3 is 0 Å². The maximum absolute atomic E-state index is 11.8. The number of anilines is 1. The van der Waals surface area contributed by atoms with Crippen LogP contribution in [-0.2, 0) is 14.3 Å². The molecule has 6 heteroatoms. The number of aromatic nitrogens is 1. The topological polar surface area (TPSA) is 60.5 Å². The van der Waals surface area contributed by atoms with Crippen molar-refractivity contribution >= 4 is 22.4 Å². The average Bonchev–Trinajstić information content (AvgIpc) is 2.99. The first-order chi connectivity index (χ1) is 11.5. The molecule has 0 aliphatic carbocycles. The molecule has 2 rings (SSSR count). The van der Waals surface area contributed by atoms with E-state index in [2.05, 4.69) is 43.2 Å². The van der Waals surface area contributed by atoms with Gasteiger partial charge in [0.1, 0.15) is 6.61 Å². The predicted molar refractivity (Wildman–Crippen MR) is 97.7 cm³/mol. The molecule has 0 unspecified atom stereocenters. The zero-order chi connectivity index (χ0) is 17.5. The van der Waals surface area contributed by atoms with E-state index in [0.29, 0.717) is 25.0 Å². The molecule has 2 aromatic rings. The summed E-state index contributed by atoms with van der Waals surface area (Å²) in [6, 6.07) is 4.30. The summed E-state index contributed by atoms with van der Waals surface area (Å²) in [6.07, 6.45) is 0. The zero-order valence-electron chi connectivity index (χ0n) is 14.6. The highest BCUT2D eigenvalue weighted by Gasteiger charge is 2.11. The van der Waals surface area contributed by atoms with E-state index in [0.717, 1.165) is 11.3 Å². The summed E-state index contributed by atoms with van der Waals surface area (Å²) in [6.45, 7) is 9.75. The second-order valence-corrected chi connectivity index (χ2v) is 6.45. The van der Waals surface area contributed by atoms with Crippen LogP contribution in [0, 0.1) is 20.8 Å². The second-order valence-electron chi connectivity index (χ2n) is 5.59. The van der Waals surface area contributed by atoms with E-state index < -0.39 is 0 Å². The number of carbonyl (C=O) groups is 1. The van der Waals surface area contributed by atoms with E-state index in [1.165, 1.54) is 28.0 Å². The minimum atomic E-state index is -0.204. The molecule has 0 radical (unpaired) electrons. The monoisotopic (exact) mass is 348 g/mol. The van der Waals surface area contributed by atoms with Gasteiger partial charge in [-0.05, 0) is 50.5 Å². The van der Waals surface area contributed by atoms with Gasteiger partial charge in [-0.15, -0.1) is 11.3 Å². The molecule has 1 aromatic heterocycles. The highest BCUT2D eigenvalue weighted by atomic mass is 32.1. The van der Waals surface area contributed by atoms with Crippen LogP contribution in [-0.4, -0.2) is 37.3 Å². The summed E-state index contributed by atoms with van der Waals surface area (Å²) in [5, 5.41) is 5.32. The number of hydrogen-bond donors (Lipinski definition) is 1. The van der Waals surface area contributed by atoms with Gasteiger partial charge in [0, 0.05) is 17.6 Å². The third-order valence-electron chi connectivity index (χ3n) is 3.68. The molecule has 0 saturated carbocycles. The summed E-state index contributed by atoms with van der Waals surface area (Å²) >= 11 is 1.42. The van der Waals surface area contributed by atoms with Crippen molar-refractivity contribution < 1.29 is 14.3 Å². The molecule has 0 fully saturated rings. The number of amides is 1. The average molecular weight is 348 g/mol. The molecule has 24 heavy (non-hydrogen) atoms. The van der Waals surface area contributed by atoms with Crippen molar-refractivity contribution in [3.8, 4) is 11.3 Å². The highest BCUT2D eigenvalue weighted by Crippen LogP contribution is 2.29. The number of aryl methyl sites for hydroxylation is 3. The van der Waals surface area contributed by atoms with Gasteiger partial charge in [0.2, 0.25) is 0 Å². The molecule has 130 valence electrons. The molecule has 0 aliphatic heterocycles. The van der Waals surface area contributed by atoms with Crippen molar-refractivity contribution in [3.05, 3.63) is 34.2 Å². The van der Waals surface area contributed by atoms with Crippen molar-refractivity contribution in [1.82, 2.24) is 4.98 Å². The van der Waals surface area contributed by atoms with Gasteiger partial charge in [0.05, 0.1) is 18.9 Å². The molecule has 1 aromatic carbocycles. The summed E-state index contributed by atoms with van der Waals surface area (Å²) in [7, 11) is 0. The minimum absolute atomic E-state index is 0.00462. The van der Waals surface area contributed by atoms with Crippen LogP contribution in [0.4, 0.5) is 5.13 Å². The van der Waals surface area contributed by atoms with Gasteiger partial charge < -0.3 is 9.47 Å². The molecule has 0 atom stereocenters. The zero-order valence-corrected chi connectivity index (χ0v) is 15.5. The van der Waals surface area contributed by atoms with Crippen molar-refractivity contribution in [2.45, 2.75) is 27.7 Å². The van der Waals surface area contributed by atoms with Crippen molar-refractivity contribution in [1.29, 1.82) is 0 Å². The van der Waals surface area contributed by atoms with E-state index in [1.54, 1.807) is 0 Å². The number of nitrogens with one attached hydrogen (secondary N) is 1. The molecule has 0 aliphatic rings. The minimum Gasteiger partial charge on any atom is -0.379 e. The van der Waals surface area contributed by atoms with E-state index >= 15 is 0 Å². The maximum Gasteiger partial charge on any atom is 0.252 e. The number of thiazole rings is 1. The fourth-order valence-corrected chi connectivity index (χ4v) is 3.00. The largest absolute Gasteiger partial charge is 0.379 e. The van der Waals surface area contributed by atoms with Gasteiger partial charge in [-0.2, -0.15) is 0 Å². The number of ether oxygens (including phenoxy) is 2. The predicted octanol–water partition coefficient (Wildman–Crippen LogP) is 3.73. The Labute approximate surface area is 147 Å². The fourth-order valence-electron chi connectivity index (χ4n) is 2.27. The van der Waals surface area contributed by atoms with Gasteiger partial charge in [0.15, 0.2) is 5.13 Å². The van der Waals surface area contributed by atoms with Gasteiger partial charge in [-0.25, -0.2) is 4.98 Å². The number of nitrogens with zero attached hydrogens (tertiary/aromatic N) is 1. The summed E-state index contributed by atoms with van der Waals surface area (Å²) in [5.74, 6) is -0.204. The molecule has 1 amide bonds. The standard InChI is InChI=1S/C18H24N2O3S/c1-5-22-6-7-23-10-17(21)20-18-19-16(11-24-18)15-9-13(3)12(2)8-14(15)4/h8-9,11H,5-7,10H2,1-4H3,(H,19,20,21). The highest BCUT2D eigenvalue weighted by molar-refractivity contribution is 7.14. The number of benzene rings is 1. The van der Waals surface area contributed by atoms with Crippen LogP contribution in [0.25, 0.3) is 11.3 Å². The van der Waals surface area contributed by atoms with E-state index in [1.807, 2.05) is 12.3 Å². The van der Waals surface area contributed by atoms with Crippen LogP contribution in [0.2, 0.25) is 0 Å². The third kappa shape index (κ3) is 5.12. The quantitative estimate of drug-likeness (QED) is 0.739. The number of carbonyl (C=O) groups excluding carboxylic acids is 1. The van der Waals surface area contributed by atoms with Crippen molar-refractivity contribution in [3.63, 3.8) is 0 Å². The van der Waals surface area contributed by atoms with Crippen molar-refractivity contribution in [2.24, 2.45) is 0 Å². The molecule has 0 bridgehead atoms. The molecular weight excluding hydrogens is 324 g/mol. The lowest BCUT2D eigenvalue weighted by Gasteiger charge is -2.07. The second kappa shape index (κ2) is 8.92. The lowest BCUT2D eigenvalue weighted by atomic mass is 9.99.